The van der Waals surface area contributed by atoms with Crippen molar-refractivity contribution in [3.05, 3.63) is 71.8 Å². The Kier molecular flexibility index (Phi) is 4.66. The Morgan fingerprint density at radius 2 is 1.52 bits per heavy atom. The van der Waals surface area contributed by atoms with Crippen LogP contribution in [0.25, 0.3) is 10.8 Å². The van der Waals surface area contributed by atoms with Crippen molar-refractivity contribution in [1.82, 2.24) is 0 Å². The maximum absolute atomic E-state index is 12.3. The Balaban J connectivity index is 1.69. The van der Waals surface area contributed by atoms with Crippen LogP contribution in [0.5, 0.6) is 11.5 Å². The fourth-order valence-corrected chi connectivity index (χ4v) is 2.42. The molecule has 1 N–H and O–H groups in total. The van der Waals surface area contributed by atoms with E-state index >= 15 is 0 Å². The van der Waals surface area contributed by atoms with Gasteiger partial charge in [0.15, 0.2) is 12.4 Å². The van der Waals surface area contributed by atoms with Gasteiger partial charge < -0.3 is 14.6 Å². The number of fused-ring (bicyclic) bond motifs is 1. The summed E-state index contributed by atoms with van der Waals surface area (Å²) in [6.07, 6.45) is 0. The van der Waals surface area contributed by atoms with Crippen LogP contribution in [0.4, 0.5) is 0 Å². The first kappa shape index (κ1) is 16.5. The third kappa shape index (κ3) is 3.77. The van der Waals surface area contributed by atoms with Crippen molar-refractivity contribution < 1.29 is 24.2 Å². The van der Waals surface area contributed by atoms with E-state index in [1.807, 2.05) is 24.3 Å². The molecule has 5 nitrogen and oxygen atoms in total. The van der Waals surface area contributed by atoms with E-state index in [4.69, 9.17) is 9.47 Å². The van der Waals surface area contributed by atoms with E-state index in [0.29, 0.717) is 5.56 Å². The molecule has 0 spiro atoms. The molecule has 5 heteroatoms. The SMILES string of the molecule is COc1ccc2cc(C(=O)COC(=O)c3ccc(O)cc3)ccc2c1. The van der Waals surface area contributed by atoms with E-state index in [1.54, 1.807) is 19.2 Å². The molecule has 0 saturated carbocycles. The zero-order chi connectivity index (χ0) is 17.8. The second-order valence-corrected chi connectivity index (χ2v) is 5.47. The third-order valence-electron chi connectivity index (χ3n) is 3.81. The predicted octanol–water partition coefficient (Wildman–Crippen LogP) is 3.59. The van der Waals surface area contributed by atoms with Crippen LogP contribution in [0.2, 0.25) is 0 Å². The zero-order valence-corrected chi connectivity index (χ0v) is 13.6. The topological polar surface area (TPSA) is 72.8 Å². The lowest BCUT2D eigenvalue weighted by atomic mass is 10.0. The zero-order valence-electron chi connectivity index (χ0n) is 13.6. The number of hydrogen-bond acceptors (Lipinski definition) is 5. The van der Waals surface area contributed by atoms with Crippen molar-refractivity contribution in [3.8, 4) is 11.5 Å². The lowest BCUT2D eigenvalue weighted by Crippen LogP contribution is -2.14. The van der Waals surface area contributed by atoms with Gasteiger partial charge in [0.1, 0.15) is 11.5 Å². The minimum Gasteiger partial charge on any atom is -0.508 e. The summed E-state index contributed by atoms with van der Waals surface area (Å²) in [6.45, 7) is -0.346. The molecule has 0 aliphatic rings. The molecule has 0 bridgehead atoms. The Morgan fingerprint density at radius 1 is 0.880 bits per heavy atom. The number of phenolic OH excluding ortho intramolecular Hbond substituents is 1. The summed E-state index contributed by atoms with van der Waals surface area (Å²) < 4.78 is 10.2. The Bertz CT molecular complexity index is 928. The minimum atomic E-state index is -0.612. The molecule has 3 aromatic rings. The first-order valence-corrected chi connectivity index (χ1v) is 7.64. The number of methoxy groups -OCH3 is 1. The molecular formula is C20H16O5. The monoisotopic (exact) mass is 336 g/mol. The van der Waals surface area contributed by atoms with Gasteiger partial charge in [0.2, 0.25) is 0 Å². The number of carbonyl (C=O) groups is 2. The van der Waals surface area contributed by atoms with E-state index < -0.39 is 5.97 Å². The van der Waals surface area contributed by atoms with Crippen molar-refractivity contribution in [2.24, 2.45) is 0 Å². The molecule has 0 heterocycles. The number of ether oxygens (including phenoxy) is 2. The van der Waals surface area contributed by atoms with Gasteiger partial charge in [-0.05, 0) is 53.2 Å². The van der Waals surface area contributed by atoms with Gasteiger partial charge in [-0.15, -0.1) is 0 Å². The van der Waals surface area contributed by atoms with Crippen molar-refractivity contribution in [2.45, 2.75) is 0 Å². The van der Waals surface area contributed by atoms with Gasteiger partial charge in [0.25, 0.3) is 0 Å². The smallest absolute Gasteiger partial charge is 0.338 e. The van der Waals surface area contributed by atoms with Gasteiger partial charge in [0.05, 0.1) is 12.7 Å². The van der Waals surface area contributed by atoms with Crippen LogP contribution in [-0.2, 0) is 4.74 Å². The molecular weight excluding hydrogens is 320 g/mol. The summed E-state index contributed by atoms with van der Waals surface area (Å²) in [6, 6.07) is 16.5. The van der Waals surface area contributed by atoms with Gasteiger partial charge in [0, 0.05) is 5.56 Å². The highest BCUT2D eigenvalue weighted by molar-refractivity contribution is 6.02. The maximum Gasteiger partial charge on any atom is 0.338 e. The van der Waals surface area contributed by atoms with Crippen LogP contribution in [0.3, 0.4) is 0 Å². The molecule has 126 valence electrons. The normalized spacial score (nSPS) is 10.4. The van der Waals surface area contributed by atoms with E-state index in [1.165, 1.54) is 24.3 Å². The summed E-state index contributed by atoms with van der Waals surface area (Å²) in [5, 5.41) is 11.1. The quantitative estimate of drug-likeness (QED) is 0.569. The molecule has 0 unspecified atom stereocenters. The number of carbonyl (C=O) groups excluding carboxylic acids is 2. The summed E-state index contributed by atoms with van der Waals surface area (Å²) in [7, 11) is 1.60. The van der Waals surface area contributed by atoms with Crippen LogP contribution in [-0.4, -0.2) is 30.6 Å². The lowest BCUT2D eigenvalue weighted by Gasteiger charge is -2.07. The van der Waals surface area contributed by atoms with E-state index in [2.05, 4.69) is 0 Å². The molecule has 0 aliphatic heterocycles. The minimum absolute atomic E-state index is 0.0559. The average Bonchev–Trinajstić information content (AvgIpc) is 2.65. The molecule has 0 aromatic heterocycles. The van der Waals surface area contributed by atoms with Gasteiger partial charge in [-0.2, -0.15) is 0 Å². The predicted molar refractivity (Wildman–Crippen MR) is 93.2 cm³/mol. The number of rotatable bonds is 5. The van der Waals surface area contributed by atoms with Crippen molar-refractivity contribution in [1.29, 1.82) is 0 Å². The number of aromatic hydroxyl groups is 1. The fourth-order valence-electron chi connectivity index (χ4n) is 2.42. The number of ketones is 1. The Morgan fingerprint density at radius 3 is 2.24 bits per heavy atom. The number of phenols is 1. The van der Waals surface area contributed by atoms with E-state index in [-0.39, 0.29) is 23.7 Å². The third-order valence-corrected chi connectivity index (χ3v) is 3.81. The van der Waals surface area contributed by atoms with Crippen LogP contribution in [0.1, 0.15) is 20.7 Å². The standard InChI is InChI=1S/C20H16O5/c1-24-18-9-6-14-10-16(3-2-15(14)11-18)19(22)12-25-20(23)13-4-7-17(21)8-5-13/h2-11,21H,12H2,1H3. The molecule has 0 radical (unpaired) electrons. The molecule has 0 fully saturated rings. The molecule has 0 saturated heterocycles. The summed E-state index contributed by atoms with van der Waals surface area (Å²) in [5.41, 5.74) is 0.743. The highest BCUT2D eigenvalue weighted by Crippen LogP contribution is 2.22. The van der Waals surface area contributed by atoms with E-state index in [0.717, 1.165) is 16.5 Å². The van der Waals surface area contributed by atoms with Crippen LogP contribution >= 0.6 is 0 Å². The van der Waals surface area contributed by atoms with Gasteiger partial charge in [-0.25, -0.2) is 4.79 Å². The second kappa shape index (κ2) is 7.05. The first-order valence-electron chi connectivity index (χ1n) is 7.64. The van der Waals surface area contributed by atoms with Crippen LogP contribution < -0.4 is 4.74 Å². The van der Waals surface area contributed by atoms with Gasteiger partial charge >= 0.3 is 5.97 Å². The second-order valence-electron chi connectivity index (χ2n) is 5.47. The van der Waals surface area contributed by atoms with Crippen molar-refractivity contribution in [2.75, 3.05) is 13.7 Å². The lowest BCUT2D eigenvalue weighted by molar-refractivity contribution is 0.0475. The molecule has 0 aliphatic carbocycles. The highest BCUT2D eigenvalue weighted by Gasteiger charge is 2.12. The number of esters is 1. The Labute approximate surface area is 144 Å². The summed E-state index contributed by atoms with van der Waals surface area (Å²) in [4.78, 5) is 24.2. The Hall–Kier alpha value is -3.34. The summed E-state index contributed by atoms with van der Waals surface area (Å²) >= 11 is 0. The average molecular weight is 336 g/mol. The van der Waals surface area contributed by atoms with Crippen LogP contribution in [0, 0.1) is 0 Å². The fraction of sp³-hybridized carbons (Fsp3) is 0.100. The molecule has 25 heavy (non-hydrogen) atoms. The number of Topliss-reactive ketones (excluding diaryl/α,β-unsaturated/α-hetero) is 1. The number of hydrogen-bond donors (Lipinski definition) is 1. The highest BCUT2D eigenvalue weighted by atomic mass is 16.5. The molecule has 3 aromatic carbocycles. The van der Waals surface area contributed by atoms with Crippen molar-refractivity contribution in [3.63, 3.8) is 0 Å². The first-order chi connectivity index (χ1) is 12.1. The number of benzene rings is 3. The van der Waals surface area contributed by atoms with Gasteiger partial charge in [-0.3, -0.25) is 4.79 Å². The summed E-state index contributed by atoms with van der Waals surface area (Å²) in [5.74, 6) is -0.0986. The molecule has 0 atom stereocenters. The van der Waals surface area contributed by atoms with E-state index in [9.17, 15) is 14.7 Å². The largest absolute Gasteiger partial charge is 0.508 e. The van der Waals surface area contributed by atoms with Gasteiger partial charge in [-0.1, -0.05) is 18.2 Å². The van der Waals surface area contributed by atoms with Crippen molar-refractivity contribution >= 4 is 22.5 Å². The van der Waals surface area contributed by atoms with Crippen LogP contribution in [0.15, 0.2) is 60.7 Å². The maximum atomic E-state index is 12.3. The molecule has 0 amide bonds. The molecule has 3 rings (SSSR count).